The van der Waals surface area contributed by atoms with Crippen molar-refractivity contribution in [3.63, 3.8) is 0 Å². The van der Waals surface area contributed by atoms with Crippen LogP contribution in [0.1, 0.15) is 49.4 Å². The van der Waals surface area contributed by atoms with Crippen LogP contribution in [0.3, 0.4) is 0 Å². The van der Waals surface area contributed by atoms with Crippen molar-refractivity contribution in [2.24, 2.45) is 23.7 Å². The van der Waals surface area contributed by atoms with E-state index in [4.69, 9.17) is 9.47 Å². The number of carbonyl (C=O) groups is 1. The van der Waals surface area contributed by atoms with Gasteiger partial charge >= 0.3 is 12.3 Å². The molecule has 0 N–H and O–H groups in total. The summed E-state index contributed by atoms with van der Waals surface area (Å²) in [6.45, 7) is 1.98. The van der Waals surface area contributed by atoms with Crippen molar-refractivity contribution in [2.45, 2.75) is 51.0 Å². The highest BCUT2D eigenvalue weighted by Gasteiger charge is 2.60. The van der Waals surface area contributed by atoms with Crippen LogP contribution in [0, 0.1) is 23.7 Å². The molecule has 3 aliphatic carbocycles. The molecule has 170 valence electrons. The minimum absolute atomic E-state index is 0.0746. The molecule has 5 rings (SSSR count). The molecule has 2 aromatic rings. The Morgan fingerprint density at radius 3 is 2.53 bits per heavy atom. The highest BCUT2D eigenvalue weighted by atomic mass is 19.4. The second-order valence-electron chi connectivity index (χ2n) is 9.39. The molecule has 3 aliphatic rings. The van der Waals surface area contributed by atoms with E-state index in [1.165, 1.54) is 25.0 Å². The first-order chi connectivity index (χ1) is 15.2. The molecule has 0 spiro atoms. The lowest BCUT2D eigenvalue weighted by Gasteiger charge is -2.40. The second-order valence-corrected chi connectivity index (χ2v) is 9.39. The zero-order valence-corrected chi connectivity index (χ0v) is 17.7. The van der Waals surface area contributed by atoms with Crippen molar-refractivity contribution in [1.82, 2.24) is 0 Å². The number of hydrogen-bond acceptors (Lipinski definition) is 4. The van der Waals surface area contributed by atoms with Crippen LogP contribution in [-0.4, -0.2) is 17.9 Å². The van der Waals surface area contributed by atoms with Crippen molar-refractivity contribution in [3.05, 3.63) is 54.1 Å². The van der Waals surface area contributed by atoms with Crippen molar-refractivity contribution in [1.29, 1.82) is 0 Å². The Morgan fingerprint density at radius 1 is 1.03 bits per heavy atom. The van der Waals surface area contributed by atoms with Gasteiger partial charge in [0.2, 0.25) is 0 Å². The van der Waals surface area contributed by atoms with Gasteiger partial charge in [0, 0.05) is 5.92 Å². The minimum Gasteiger partial charge on any atom is -0.483 e. The number of fused-ring (bicyclic) bond motifs is 5. The first-order valence-electron chi connectivity index (χ1n) is 11.1. The van der Waals surface area contributed by atoms with Crippen molar-refractivity contribution >= 4 is 5.97 Å². The van der Waals surface area contributed by atoms with Gasteiger partial charge in [-0.15, -0.1) is 13.2 Å². The number of para-hydroxylation sites is 1. The largest absolute Gasteiger partial charge is 0.573 e. The fraction of sp³-hybridized carbons (Fsp3) is 0.480. The SMILES string of the molecule is CC1(Oc2cc(C(=O)Oc3ccccc3)ccc2OC(F)(F)F)CC2CC1C1CCCC21. The number of hydrogen-bond donors (Lipinski definition) is 0. The molecule has 2 bridgehead atoms. The Hall–Kier alpha value is -2.70. The van der Waals surface area contributed by atoms with Crippen LogP contribution in [0.5, 0.6) is 17.2 Å². The van der Waals surface area contributed by atoms with Crippen molar-refractivity contribution < 1.29 is 32.2 Å². The van der Waals surface area contributed by atoms with E-state index in [1.807, 2.05) is 6.92 Å². The third-order valence-corrected chi connectivity index (χ3v) is 7.46. The van der Waals surface area contributed by atoms with Gasteiger partial charge in [0.05, 0.1) is 5.56 Å². The molecular formula is C25H25F3O4. The van der Waals surface area contributed by atoms with E-state index in [1.54, 1.807) is 30.3 Å². The summed E-state index contributed by atoms with van der Waals surface area (Å²) in [5.41, 5.74) is -0.481. The predicted molar refractivity (Wildman–Crippen MR) is 111 cm³/mol. The zero-order valence-electron chi connectivity index (χ0n) is 17.7. The van der Waals surface area contributed by atoms with E-state index in [9.17, 15) is 18.0 Å². The lowest BCUT2D eigenvalue weighted by Crippen LogP contribution is -2.43. The van der Waals surface area contributed by atoms with Crippen LogP contribution >= 0.6 is 0 Å². The number of halogens is 3. The van der Waals surface area contributed by atoms with Gasteiger partial charge < -0.3 is 14.2 Å². The summed E-state index contributed by atoms with van der Waals surface area (Å²) in [5, 5.41) is 0. The molecule has 3 fully saturated rings. The maximum atomic E-state index is 13.0. The molecule has 2 aromatic carbocycles. The van der Waals surface area contributed by atoms with Gasteiger partial charge in [0.1, 0.15) is 11.4 Å². The molecule has 0 radical (unpaired) electrons. The van der Waals surface area contributed by atoms with E-state index in [0.29, 0.717) is 23.5 Å². The summed E-state index contributed by atoms with van der Waals surface area (Å²) < 4.78 is 55.0. The highest BCUT2D eigenvalue weighted by Crippen LogP contribution is 2.63. The molecule has 4 nitrogen and oxygen atoms in total. The monoisotopic (exact) mass is 446 g/mol. The Kier molecular flexibility index (Phi) is 5.10. The smallest absolute Gasteiger partial charge is 0.483 e. The van der Waals surface area contributed by atoms with Crippen LogP contribution in [0.4, 0.5) is 13.2 Å². The minimum atomic E-state index is -4.86. The van der Waals surface area contributed by atoms with E-state index in [2.05, 4.69) is 4.74 Å². The number of benzene rings is 2. The van der Waals surface area contributed by atoms with Crippen LogP contribution in [0.2, 0.25) is 0 Å². The number of rotatable bonds is 5. The number of esters is 1. The molecular weight excluding hydrogens is 421 g/mol. The molecule has 0 amide bonds. The Morgan fingerprint density at radius 2 is 1.78 bits per heavy atom. The highest BCUT2D eigenvalue weighted by molar-refractivity contribution is 5.91. The van der Waals surface area contributed by atoms with Crippen LogP contribution in [-0.2, 0) is 0 Å². The standard InChI is InChI=1S/C25H25F3O4/c1-24(14-16-12-20(24)19-9-5-8-18(16)19)31-22-13-15(10-11-21(22)32-25(26,27)28)23(29)30-17-6-3-2-4-7-17/h2-4,6-7,10-11,13,16,18-20H,5,8-9,12,14H2,1H3. The summed E-state index contributed by atoms with van der Waals surface area (Å²) in [6.07, 6.45) is 0.600. The first kappa shape index (κ1) is 21.2. The Balaban J connectivity index is 1.42. The van der Waals surface area contributed by atoms with E-state index in [-0.39, 0.29) is 11.3 Å². The molecule has 0 heterocycles. The molecule has 5 atom stereocenters. The van der Waals surface area contributed by atoms with Gasteiger partial charge in [0.15, 0.2) is 11.5 Å². The summed E-state index contributed by atoms with van der Waals surface area (Å²) in [5.74, 6) is 1.30. The van der Waals surface area contributed by atoms with Gasteiger partial charge in [-0.2, -0.15) is 0 Å². The summed E-state index contributed by atoms with van der Waals surface area (Å²) in [7, 11) is 0. The molecule has 7 heteroatoms. The maximum Gasteiger partial charge on any atom is 0.573 e. The number of ether oxygens (including phenoxy) is 3. The quantitative estimate of drug-likeness (QED) is 0.394. The third kappa shape index (κ3) is 3.93. The van der Waals surface area contributed by atoms with E-state index < -0.39 is 23.7 Å². The van der Waals surface area contributed by atoms with E-state index >= 15 is 0 Å². The molecule has 0 aromatic heterocycles. The van der Waals surface area contributed by atoms with Gasteiger partial charge in [-0.25, -0.2) is 4.79 Å². The van der Waals surface area contributed by atoms with Gasteiger partial charge in [-0.3, -0.25) is 0 Å². The first-order valence-corrected chi connectivity index (χ1v) is 11.1. The molecule has 0 aliphatic heterocycles. The average molecular weight is 446 g/mol. The van der Waals surface area contributed by atoms with Gasteiger partial charge in [0.25, 0.3) is 0 Å². The number of carbonyl (C=O) groups excluding carboxylic acids is 1. The van der Waals surface area contributed by atoms with Crippen LogP contribution in [0.15, 0.2) is 48.5 Å². The summed E-state index contributed by atoms with van der Waals surface area (Å²) >= 11 is 0. The van der Waals surface area contributed by atoms with Crippen molar-refractivity contribution in [2.75, 3.05) is 0 Å². The summed E-state index contributed by atoms with van der Waals surface area (Å²) in [4.78, 5) is 12.6. The Bertz CT molecular complexity index is 1010. The third-order valence-electron chi connectivity index (χ3n) is 7.46. The van der Waals surface area contributed by atoms with Gasteiger partial charge in [-0.05, 0) is 80.7 Å². The molecule has 0 saturated heterocycles. The summed E-state index contributed by atoms with van der Waals surface area (Å²) in [6, 6.07) is 12.2. The molecule has 32 heavy (non-hydrogen) atoms. The average Bonchev–Trinajstić information content (AvgIpc) is 3.41. The number of alkyl halides is 3. The normalized spacial score (nSPS) is 30.8. The van der Waals surface area contributed by atoms with Crippen LogP contribution in [0.25, 0.3) is 0 Å². The topological polar surface area (TPSA) is 44.8 Å². The van der Waals surface area contributed by atoms with E-state index in [0.717, 1.165) is 31.2 Å². The second kappa shape index (κ2) is 7.71. The van der Waals surface area contributed by atoms with Crippen LogP contribution < -0.4 is 14.2 Å². The Labute approximate surface area is 184 Å². The van der Waals surface area contributed by atoms with Gasteiger partial charge in [-0.1, -0.05) is 24.6 Å². The fourth-order valence-electron chi connectivity index (χ4n) is 6.33. The molecule has 5 unspecified atom stereocenters. The predicted octanol–water partition coefficient (Wildman–Crippen LogP) is 6.40. The lowest BCUT2D eigenvalue weighted by atomic mass is 9.73. The fourth-order valence-corrected chi connectivity index (χ4v) is 6.33. The molecule has 3 saturated carbocycles. The van der Waals surface area contributed by atoms with Crippen molar-refractivity contribution in [3.8, 4) is 17.2 Å². The maximum absolute atomic E-state index is 13.0. The lowest BCUT2D eigenvalue weighted by molar-refractivity contribution is -0.275. The zero-order chi connectivity index (χ0) is 22.5.